The quantitative estimate of drug-likeness (QED) is 0.474. The molecule has 0 saturated carbocycles. The maximum atomic E-state index is 5.58. The highest BCUT2D eigenvalue weighted by Gasteiger charge is 2.01. The molecule has 0 aromatic rings. The van der Waals surface area contributed by atoms with Crippen LogP contribution in [0.25, 0.3) is 0 Å². The number of guanidine groups is 1. The molecule has 3 N–H and O–H groups in total. The molecule has 3 nitrogen and oxygen atoms in total. The van der Waals surface area contributed by atoms with Crippen molar-refractivity contribution in [3.05, 3.63) is 0 Å². The first-order valence-electron chi connectivity index (χ1n) is 4.31. The van der Waals surface area contributed by atoms with E-state index in [1.165, 1.54) is 0 Å². The molecule has 0 spiro atoms. The normalized spacial score (nSPS) is 12.2. The molecule has 0 aromatic heterocycles. The summed E-state index contributed by atoms with van der Waals surface area (Å²) in [6.45, 7) is 7.00. The van der Waals surface area contributed by atoms with Crippen molar-refractivity contribution in [2.75, 3.05) is 6.54 Å². The lowest BCUT2D eigenvalue weighted by atomic mass is 10.2. The van der Waals surface area contributed by atoms with Crippen LogP contribution in [0.2, 0.25) is 0 Å². The highest BCUT2D eigenvalue weighted by molar-refractivity contribution is 5.78. The van der Waals surface area contributed by atoms with Gasteiger partial charge in [-0.05, 0) is 19.8 Å². The van der Waals surface area contributed by atoms with Crippen LogP contribution >= 0.6 is 0 Å². The van der Waals surface area contributed by atoms with Gasteiger partial charge in [0.05, 0.1) is 0 Å². The molecule has 0 atom stereocenters. The largest absolute Gasteiger partial charge is 0.370 e. The zero-order chi connectivity index (χ0) is 8.69. The maximum Gasteiger partial charge on any atom is 0.188 e. The molecule has 66 valence electrons. The van der Waals surface area contributed by atoms with E-state index in [4.69, 9.17) is 5.73 Å². The van der Waals surface area contributed by atoms with Crippen LogP contribution in [-0.4, -0.2) is 18.5 Å². The van der Waals surface area contributed by atoms with Crippen LogP contribution in [0.1, 0.15) is 33.6 Å². The Morgan fingerprint density at radius 3 is 2.27 bits per heavy atom. The average molecular weight is 157 g/mol. The smallest absolute Gasteiger partial charge is 0.188 e. The molecule has 0 fully saturated rings. The van der Waals surface area contributed by atoms with E-state index in [1.807, 2.05) is 6.92 Å². The molecular weight excluding hydrogens is 138 g/mol. The van der Waals surface area contributed by atoms with Crippen LogP contribution in [0.15, 0.2) is 4.99 Å². The van der Waals surface area contributed by atoms with E-state index in [-0.39, 0.29) is 0 Å². The summed E-state index contributed by atoms with van der Waals surface area (Å²) in [5.41, 5.74) is 5.58. The number of hydrogen-bond donors (Lipinski definition) is 2. The minimum atomic E-state index is 0.477. The van der Waals surface area contributed by atoms with Crippen LogP contribution in [0, 0.1) is 0 Å². The second kappa shape index (κ2) is 6.01. The molecule has 0 rings (SSSR count). The monoisotopic (exact) mass is 157 g/mol. The van der Waals surface area contributed by atoms with Crippen molar-refractivity contribution in [1.82, 2.24) is 5.32 Å². The average Bonchev–Trinajstić information content (AvgIpc) is 2.01. The van der Waals surface area contributed by atoms with Crippen molar-refractivity contribution in [3.8, 4) is 0 Å². The molecule has 0 heterocycles. The fourth-order valence-corrected chi connectivity index (χ4v) is 0.918. The van der Waals surface area contributed by atoms with Crippen molar-refractivity contribution in [1.29, 1.82) is 0 Å². The number of rotatable bonds is 4. The lowest BCUT2D eigenvalue weighted by Crippen LogP contribution is -2.39. The summed E-state index contributed by atoms with van der Waals surface area (Å²) < 4.78 is 0. The third-order valence-corrected chi connectivity index (χ3v) is 1.67. The predicted octanol–water partition coefficient (Wildman–Crippen LogP) is 1.10. The first-order valence-corrected chi connectivity index (χ1v) is 4.31. The number of aliphatic imine (C=N–C) groups is 1. The van der Waals surface area contributed by atoms with E-state index < -0.39 is 0 Å². The highest BCUT2D eigenvalue weighted by Crippen LogP contribution is 1.94. The molecular formula is C8H19N3. The van der Waals surface area contributed by atoms with Gasteiger partial charge in [-0.2, -0.15) is 0 Å². The van der Waals surface area contributed by atoms with Crippen LogP contribution < -0.4 is 11.1 Å². The second-order valence-corrected chi connectivity index (χ2v) is 2.52. The SMILES string of the molecule is CCN=C(N)NC(CC)CC. The summed E-state index contributed by atoms with van der Waals surface area (Å²) in [6.07, 6.45) is 2.19. The summed E-state index contributed by atoms with van der Waals surface area (Å²) in [7, 11) is 0. The van der Waals surface area contributed by atoms with Crippen LogP contribution in [0.5, 0.6) is 0 Å². The maximum absolute atomic E-state index is 5.58. The zero-order valence-electron chi connectivity index (χ0n) is 7.72. The number of nitrogens with one attached hydrogen (secondary N) is 1. The molecule has 0 amide bonds. The van der Waals surface area contributed by atoms with E-state index in [0.29, 0.717) is 12.0 Å². The minimum Gasteiger partial charge on any atom is -0.370 e. The van der Waals surface area contributed by atoms with Gasteiger partial charge >= 0.3 is 0 Å². The standard InChI is InChI=1S/C8H19N3/c1-4-7(5-2)11-8(9)10-6-3/h7H,4-6H2,1-3H3,(H3,9,10,11). The third kappa shape index (κ3) is 4.65. The van der Waals surface area contributed by atoms with Gasteiger partial charge in [0, 0.05) is 12.6 Å². The Kier molecular flexibility index (Phi) is 5.61. The van der Waals surface area contributed by atoms with E-state index in [0.717, 1.165) is 19.4 Å². The summed E-state index contributed by atoms with van der Waals surface area (Å²) >= 11 is 0. The lowest BCUT2D eigenvalue weighted by molar-refractivity contribution is 0.566. The molecule has 0 radical (unpaired) electrons. The van der Waals surface area contributed by atoms with Gasteiger partial charge in [-0.25, -0.2) is 0 Å². The van der Waals surface area contributed by atoms with Gasteiger partial charge in [-0.1, -0.05) is 13.8 Å². The summed E-state index contributed by atoms with van der Waals surface area (Å²) in [4.78, 5) is 4.04. The Morgan fingerprint density at radius 1 is 1.36 bits per heavy atom. The van der Waals surface area contributed by atoms with E-state index in [1.54, 1.807) is 0 Å². The zero-order valence-corrected chi connectivity index (χ0v) is 7.72. The molecule has 0 aliphatic heterocycles. The minimum absolute atomic E-state index is 0.477. The summed E-state index contributed by atoms with van der Waals surface area (Å²) in [6, 6.07) is 0.477. The van der Waals surface area contributed by atoms with Gasteiger partial charge in [0.15, 0.2) is 5.96 Å². The summed E-state index contributed by atoms with van der Waals surface area (Å²) in [5, 5.41) is 3.14. The van der Waals surface area contributed by atoms with Gasteiger partial charge in [-0.3, -0.25) is 4.99 Å². The van der Waals surface area contributed by atoms with Gasteiger partial charge < -0.3 is 11.1 Å². The van der Waals surface area contributed by atoms with Crippen LogP contribution in [0.3, 0.4) is 0 Å². The Hall–Kier alpha value is -0.730. The van der Waals surface area contributed by atoms with Crippen molar-refractivity contribution < 1.29 is 0 Å². The molecule has 0 bridgehead atoms. The Balaban J connectivity index is 3.71. The van der Waals surface area contributed by atoms with E-state index in [9.17, 15) is 0 Å². The molecule has 0 aliphatic rings. The first kappa shape index (κ1) is 10.3. The van der Waals surface area contributed by atoms with Crippen molar-refractivity contribution in [2.24, 2.45) is 10.7 Å². The van der Waals surface area contributed by atoms with Gasteiger partial charge in [0.1, 0.15) is 0 Å². The van der Waals surface area contributed by atoms with Crippen LogP contribution in [0.4, 0.5) is 0 Å². The Bertz CT molecular complexity index is 117. The van der Waals surface area contributed by atoms with Crippen molar-refractivity contribution in [3.63, 3.8) is 0 Å². The van der Waals surface area contributed by atoms with Crippen LogP contribution in [-0.2, 0) is 0 Å². The summed E-state index contributed by atoms with van der Waals surface area (Å²) in [5.74, 6) is 0.571. The Labute approximate surface area is 69.1 Å². The lowest BCUT2D eigenvalue weighted by Gasteiger charge is -2.14. The number of nitrogens with two attached hydrogens (primary N) is 1. The molecule has 0 aliphatic carbocycles. The topological polar surface area (TPSA) is 50.4 Å². The fourth-order valence-electron chi connectivity index (χ4n) is 0.918. The number of nitrogens with zero attached hydrogens (tertiary/aromatic N) is 1. The second-order valence-electron chi connectivity index (χ2n) is 2.52. The molecule has 0 saturated heterocycles. The molecule has 3 heteroatoms. The van der Waals surface area contributed by atoms with Crippen molar-refractivity contribution >= 4 is 5.96 Å². The third-order valence-electron chi connectivity index (χ3n) is 1.67. The van der Waals surface area contributed by atoms with E-state index in [2.05, 4.69) is 24.2 Å². The molecule has 0 aromatic carbocycles. The fraction of sp³-hybridized carbons (Fsp3) is 0.875. The van der Waals surface area contributed by atoms with Gasteiger partial charge in [0.2, 0.25) is 0 Å². The highest BCUT2D eigenvalue weighted by atomic mass is 15.1. The van der Waals surface area contributed by atoms with Crippen molar-refractivity contribution in [2.45, 2.75) is 39.7 Å². The van der Waals surface area contributed by atoms with Gasteiger partial charge in [-0.15, -0.1) is 0 Å². The predicted molar refractivity (Wildman–Crippen MR) is 49.7 cm³/mol. The van der Waals surface area contributed by atoms with Gasteiger partial charge in [0.25, 0.3) is 0 Å². The number of hydrogen-bond acceptors (Lipinski definition) is 1. The van der Waals surface area contributed by atoms with E-state index >= 15 is 0 Å². The molecule has 0 unspecified atom stereocenters. The molecule has 11 heavy (non-hydrogen) atoms. The Morgan fingerprint density at radius 2 is 1.91 bits per heavy atom. The first-order chi connectivity index (χ1) is 5.24.